The van der Waals surface area contributed by atoms with E-state index in [0.717, 1.165) is 5.56 Å². The van der Waals surface area contributed by atoms with Crippen LogP contribution in [0.25, 0.3) is 22.3 Å². The van der Waals surface area contributed by atoms with Gasteiger partial charge in [0.1, 0.15) is 17.4 Å². The third-order valence-corrected chi connectivity index (χ3v) is 3.24. The van der Waals surface area contributed by atoms with E-state index in [0.29, 0.717) is 28.3 Å². The van der Waals surface area contributed by atoms with E-state index < -0.39 is 0 Å². The monoisotopic (exact) mass is 283 g/mol. The number of fused-ring (bicyclic) bond motifs is 1. The minimum absolute atomic E-state index is 0.312. The van der Waals surface area contributed by atoms with Gasteiger partial charge >= 0.3 is 0 Å². The molecule has 0 radical (unpaired) electrons. The largest absolute Gasteiger partial charge is 0.496 e. The maximum absolute atomic E-state index is 13.4. The second-order valence-electron chi connectivity index (χ2n) is 4.51. The van der Waals surface area contributed by atoms with Crippen LogP contribution < -0.4 is 10.1 Å². The Morgan fingerprint density at radius 3 is 2.67 bits per heavy atom. The first-order valence-corrected chi connectivity index (χ1v) is 6.51. The zero-order chi connectivity index (χ0) is 14.8. The number of anilines is 1. The number of para-hydroxylation sites is 1. The molecule has 5 heteroatoms. The highest BCUT2D eigenvalue weighted by Crippen LogP contribution is 2.30. The van der Waals surface area contributed by atoms with E-state index in [1.54, 1.807) is 20.2 Å². The predicted octanol–water partition coefficient (Wildman–Crippen LogP) is 3.49. The first kappa shape index (κ1) is 13.3. The van der Waals surface area contributed by atoms with Crippen LogP contribution in [-0.4, -0.2) is 24.1 Å². The molecule has 3 aromatic rings. The molecule has 0 aliphatic carbocycles. The Morgan fingerprint density at radius 2 is 1.90 bits per heavy atom. The first-order chi connectivity index (χ1) is 10.2. The van der Waals surface area contributed by atoms with Gasteiger partial charge in [-0.05, 0) is 30.3 Å². The lowest BCUT2D eigenvalue weighted by molar-refractivity contribution is 0.416. The number of ether oxygens (including phenoxy) is 1. The normalized spacial score (nSPS) is 10.6. The van der Waals surface area contributed by atoms with Gasteiger partial charge in [0.2, 0.25) is 0 Å². The highest BCUT2D eigenvalue weighted by Gasteiger charge is 2.12. The Balaban J connectivity index is 2.27. The van der Waals surface area contributed by atoms with E-state index in [9.17, 15) is 4.39 Å². The number of halogens is 1. The molecule has 1 aromatic heterocycles. The average molecular weight is 283 g/mol. The first-order valence-electron chi connectivity index (χ1n) is 6.51. The van der Waals surface area contributed by atoms with Crippen LogP contribution in [0, 0.1) is 5.82 Å². The lowest BCUT2D eigenvalue weighted by Crippen LogP contribution is -2.00. The van der Waals surface area contributed by atoms with Crippen LogP contribution in [0.1, 0.15) is 0 Å². The fourth-order valence-corrected chi connectivity index (χ4v) is 2.24. The van der Waals surface area contributed by atoms with Crippen LogP contribution in [0.2, 0.25) is 0 Å². The summed E-state index contributed by atoms with van der Waals surface area (Å²) < 4.78 is 18.7. The van der Waals surface area contributed by atoms with E-state index in [1.165, 1.54) is 12.1 Å². The molecule has 0 saturated heterocycles. The molecule has 4 nitrogen and oxygen atoms in total. The number of hydrogen-bond donors (Lipinski definition) is 1. The van der Waals surface area contributed by atoms with Crippen molar-refractivity contribution in [3.63, 3.8) is 0 Å². The Hall–Kier alpha value is -2.69. The van der Waals surface area contributed by atoms with Crippen molar-refractivity contribution in [3.05, 3.63) is 48.3 Å². The second kappa shape index (κ2) is 5.36. The maximum atomic E-state index is 13.4. The van der Waals surface area contributed by atoms with Gasteiger partial charge in [-0.15, -0.1) is 0 Å². The lowest BCUT2D eigenvalue weighted by atomic mass is 10.1. The minimum atomic E-state index is -0.312. The number of benzene rings is 2. The molecule has 0 aliphatic rings. The number of hydrogen-bond acceptors (Lipinski definition) is 4. The Bertz CT molecular complexity index is 805. The van der Waals surface area contributed by atoms with E-state index in [4.69, 9.17) is 4.74 Å². The van der Waals surface area contributed by atoms with Crippen molar-refractivity contribution < 1.29 is 9.13 Å². The number of nitrogens with one attached hydrogen (secondary N) is 1. The van der Waals surface area contributed by atoms with E-state index in [1.807, 2.05) is 24.3 Å². The molecular weight excluding hydrogens is 269 g/mol. The summed E-state index contributed by atoms with van der Waals surface area (Å²) in [6, 6.07) is 12.0. The van der Waals surface area contributed by atoms with E-state index >= 15 is 0 Å². The van der Waals surface area contributed by atoms with Crippen molar-refractivity contribution in [2.75, 3.05) is 19.5 Å². The van der Waals surface area contributed by atoms with Crippen LogP contribution in [0.3, 0.4) is 0 Å². The second-order valence-corrected chi connectivity index (χ2v) is 4.51. The number of aromatic nitrogens is 2. The molecular formula is C16H14FN3O. The standard InChI is InChI=1S/C16H14FN3O/c1-18-15-12-9-10(17)7-8-13(12)19-16(20-15)11-5-3-4-6-14(11)21-2/h3-9H,1-2H3,(H,18,19,20). The SMILES string of the molecule is CNc1nc(-c2ccccc2OC)nc2ccc(F)cc12. The number of methoxy groups -OCH3 is 1. The molecule has 0 bridgehead atoms. The fraction of sp³-hybridized carbons (Fsp3) is 0.125. The molecule has 0 aliphatic heterocycles. The Kier molecular flexibility index (Phi) is 3.39. The topological polar surface area (TPSA) is 47.0 Å². The third kappa shape index (κ3) is 2.38. The van der Waals surface area contributed by atoms with Gasteiger partial charge in [-0.1, -0.05) is 12.1 Å². The number of rotatable bonds is 3. The molecule has 0 fully saturated rings. The molecule has 1 N–H and O–H groups in total. The van der Waals surface area contributed by atoms with Crippen molar-refractivity contribution in [2.24, 2.45) is 0 Å². The van der Waals surface area contributed by atoms with Gasteiger partial charge in [-0.25, -0.2) is 14.4 Å². The van der Waals surface area contributed by atoms with Crippen LogP contribution in [0.5, 0.6) is 5.75 Å². The quantitative estimate of drug-likeness (QED) is 0.799. The summed E-state index contributed by atoms with van der Waals surface area (Å²) in [4.78, 5) is 8.98. The third-order valence-electron chi connectivity index (χ3n) is 3.24. The van der Waals surface area contributed by atoms with Gasteiger partial charge < -0.3 is 10.1 Å². The summed E-state index contributed by atoms with van der Waals surface area (Å²) in [6.45, 7) is 0. The molecule has 1 heterocycles. The summed E-state index contributed by atoms with van der Waals surface area (Å²) in [6.07, 6.45) is 0. The van der Waals surface area contributed by atoms with Crippen LogP contribution in [-0.2, 0) is 0 Å². The zero-order valence-corrected chi connectivity index (χ0v) is 11.7. The van der Waals surface area contributed by atoms with Crippen LogP contribution in [0.15, 0.2) is 42.5 Å². The molecule has 0 spiro atoms. The zero-order valence-electron chi connectivity index (χ0n) is 11.7. The Morgan fingerprint density at radius 1 is 1.10 bits per heavy atom. The molecule has 2 aromatic carbocycles. The smallest absolute Gasteiger partial charge is 0.165 e. The highest BCUT2D eigenvalue weighted by molar-refractivity contribution is 5.90. The van der Waals surface area contributed by atoms with Crippen molar-refractivity contribution in [3.8, 4) is 17.1 Å². The minimum Gasteiger partial charge on any atom is -0.496 e. The average Bonchev–Trinajstić information content (AvgIpc) is 2.53. The molecule has 0 unspecified atom stereocenters. The van der Waals surface area contributed by atoms with Crippen molar-refractivity contribution in [1.29, 1.82) is 0 Å². The van der Waals surface area contributed by atoms with Crippen LogP contribution in [0.4, 0.5) is 10.2 Å². The van der Waals surface area contributed by atoms with Gasteiger partial charge in [-0.2, -0.15) is 0 Å². The lowest BCUT2D eigenvalue weighted by Gasteiger charge is -2.10. The molecule has 3 rings (SSSR count). The summed E-state index contributed by atoms with van der Waals surface area (Å²) in [5.41, 5.74) is 1.47. The van der Waals surface area contributed by atoms with Crippen molar-refractivity contribution >= 4 is 16.7 Å². The predicted molar refractivity (Wildman–Crippen MR) is 81.0 cm³/mol. The molecule has 21 heavy (non-hydrogen) atoms. The molecule has 0 atom stereocenters. The van der Waals surface area contributed by atoms with Gasteiger partial charge in [0.15, 0.2) is 5.82 Å². The van der Waals surface area contributed by atoms with Gasteiger partial charge in [0, 0.05) is 12.4 Å². The van der Waals surface area contributed by atoms with Gasteiger partial charge in [0.25, 0.3) is 0 Å². The van der Waals surface area contributed by atoms with Crippen molar-refractivity contribution in [2.45, 2.75) is 0 Å². The fourth-order valence-electron chi connectivity index (χ4n) is 2.24. The highest BCUT2D eigenvalue weighted by atomic mass is 19.1. The summed E-state index contributed by atoms with van der Waals surface area (Å²) in [7, 11) is 3.35. The summed E-state index contributed by atoms with van der Waals surface area (Å²) in [5.74, 6) is 1.50. The Labute approximate surface area is 121 Å². The summed E-state index contributed by atoms with van der Waals surface area (Å²) >= 11 is 0. The summed E-state index contributed by atoms with van der Waals surface area (Å²) in [5, 5.41) is 3.64. The van der Waals surface area contributed by atoms with E-state index in [2.05, 4.69) is 15.3 Å². The maximum Gasteiger partial charge on any atom is 0.165 e. The van der Waals surface area contributed by atoms with Gasteiger partial charge in [-0.3, -0.25) is 0 Å². The van der Waals surface area contributed by atoms with Crippen molar-refractivity contribution in [1.82, 2.24) is 9.97 Å². The molecule has 0 amide bonds. The van der Waals surface area contributed by atoms with Gasteiger partial charge in [0.05, 0.1) is 18.2 Å². The van der Waals surface area contributed by atoms with E-state index in [-0.39, 0.29) is 5.82 Å². The molecule has 106 valence electrons. The molecule has 0 saturated carbocycles. The number of nitrogens with zero attached hydrogens (tertiary/aromatic N) is 2. The van der Waals surface area contributed by atoms with Crippen LogP contribution >= 0.6 is 0 Å².